The molecule has 1 saturated heterocycles. The van der Waals surface area contributed by atoms with Gasteiger partial charge < -0.3 is 24.9 Å². The number of ether oxygens (including phenoxy) is 1. The van der Waals surface area contributed by atoms with E-state index in [4.69, 9.17) is 16.3 Å². The molecule has 2 heterocycles. The fraction of sp³-hybridized carbons (Fsp3) is 0.333. The number of nitrogens with zero attached hydrogens (tertiary/aromatic N) is 1. The Bertz CT molecular complexity index is 1400. The van der Waals surface area contributed by atoms with Gasteiger partial charge in [0.15, 0.2) is 13.9 Å². The lowest BCUT2D eigenvalue weighted by molar-refractivity contribution is -0.146. The van der Waals surface area contributed by atoms with Crippen LogP contribution in [0.15, 0.2) is 72.8 Å². The van der Waals surface area contributed by atoms with Crippen LogP contribution in [0.4, 0.5) is 11.4 Å². The van der Waals surface area contributed by atoms with E-state index in [2.05, 4.69) is 5.32 Å². The highest BCUT2D eigenvalue weighted by Gasteiger charge is 2.66. The van der Waals surface area contributed by atoms with E-state index in [1.165, 1.54) is 0 Å². The van der Waals surface area contributed by atoms with E-state index in [9.17, 15) is 19.5 Å². The van der Waals surface area contributed by atoms with Gasteiger partial charge in [-0.2, -0.15) is 0 Å². The number of amides is 2. The van der Waals surface area contributed by atoms with E-state index in [0.29, 0.717) is 33.9 Å². The molecular formula is C30H33ClN2O5Si. The summed E-state index contributed by atoms with van der Waals surface area (Å²) in [5, 5.41) is 13.2. The van der Waals surface area contributed by atoms with Crippen molar-refractivity contribution in [2.45, 2.75) is 50.2 Å². The number of carbonyl (C=O) groups excluding carboxylic acids is 2. The van der Waals surface area contributed by atoms with E-state index in [-0.39, 0.29) is 36.4 Å². The monoisotopic (exact) mass is 564 g/mol. The van der Waals surface area contributed by atoms with Gasteiger partial charge in [-0.1, -0.05) is 48.9 Å². The summed E-state index contributed by atoms with van der Waals surface area (Å²) in [5.41, 5.74) is 1.84. The van der Waals surface area contributed by atoms with Crippen LogP contribution >= 0.6 is 11.6 Å². The average Bonchev–Trinajstić information content (AvgIpc) is 3.31. The Kier molecular flexibility index (Phi) is 7.43. The highest BCUT2D eigenvalue weighted by Crippen LogP contribution is 2.60. The van der Waals surface area contributed by atoms with Gasteiger partial charge in [0.2, 0.25) is 0 Å². The number of benzene rings is 3. The largest absolute Gasteiger partial charge is 0.432 e. The molecule has 7 nitrogen and oxygen atoms in total. The summed E-state index contributed by atoms with van der Waals surface area (Å²) in [6.45, 7) is 5.82. The second-order valence-corrected chi connectivity index (χ2v) is 15.4. The van der Waals surface area contributed by atoms with E-state index in [1.807, 2.05) is 68.5 Å². The lowest BCUT2D eigenvalue weighted by Gasteiger charge is -2.32. The van der Waals surface area contributed by atoms with Gasteiger partial charge in [0.05, 0.1) is 18.3 Å². The number of hydrogen-bond acceptors (Lipinski definition) is 5. The van der Waals surface area contributed by atoms with Crippen molar-refractivity contribution in [2.75, 3.05) is 16.8 Å². The van der Waals surface area contributed by atoms with Crippen molar-refractivity contribution in [1.29, 1.82) is 0 Å². The zero-order valence-corrected chi connectivity index (χ0v) is 24.0. The number of halogens is 1. The van der Waals surface area contributed by atoms with Crippen molar-refractivity contribution < 1.29 is 24.2 Å². The van der Waals surface area contributed by atoms with Crippen molar-refractivity contribution in [2.24, 2.45) is 5.92 Å². The lowest BCUT2D eigenvalue weighted by Crippen LogP contribution is -2.46. The number of fused-ring (bicyclic) bond motifs is 2. The standard InChI is InChI=1S/C30H33ClN2O5Si/c1-19-27(39(2,3)37)26(14-15-34)38-30(19)24-17-22(31)12-13-25(24)33(29(30)36)18-20-8-7-11-23(16-20)32-28(35)21-9-5-4-6-10-21/h4-13,16-17,19,26-27,34,37H,14-15,18H2,1-3H3,(H,32,35)/t19-,26+,27-,30+/m1/s1. The molecule has 2 amide bonds. The molecule has 1 fully saturated rings. The molecule has 0 saturated carbocycles. The molecule has 39 heavy (non-hydrogen) atoms. The van der Waals surface area contributed by atoms with E-state index in [1.54, 1.807) is 29.2 Å². The Morgan fingerprint density at radius 3 is 2.54 bits per heavy atom. The summed E-state index contributed by atoms with van der Waals surface area (Å²) < 4.78 is 6.60. The van der Waals surface area contributed by atoms with E-state index >= 15 is 0 Å². The Balaban J connectivity index is 1.48. The van der Waals surface area contributed by atoms with Crippen LogP contribution in [0.25, 0.3) is 0 Å². The van der Waals surface area contributed by atoms with Gasteiger partial charge in [-0.15, -0.1) is 0 Å². The number of aliphatic hydroxyl groups is 1. The highest BCUT2D eigenvalue weighted by atomic mass is 35.5. The van der Waals surface area contributed by atoms with Crippen LogP contribution in [-0.2, 0) is 21.7 Å². The maximum Gasteiger partial charge on any atom is 0.264 e. The topological polar surface area (TPSA) is 99.1 Å². The number of rotatable bonds is 7. The van der Waals surface area contributed by atoms with E-state index in [0.717, 1.165) is 5.56 Å². The van der Waals surface area contributed by atoms with Crippen LogP contribution in [-0.4, -0.2) is 42.7 Å². The second kappa shape index (κ2) is 10.5. The molecule has 0 unspecified atom stereocenters. The van der Waals surface area contributed by atoms with Gasteiger partial charge in [0.1, 0.15) is 0 Å². The van der Waals surface area contributed by atoms with Crippen LogP contribution < -0.4 is 10.2 Å². The molecule has 0 bridgehead atoms. The van der Waals surface area contributed by atoms with Gasteiger partial charge in [-0.3, -0.25) is 9.59 Å². The SMILES string of the molecule is C[C@@H]1[C@@H]([Si](C)(C)O)[C@H](CCO)O[C@@]12C(=O)N(Cc1cccc(NC(=O)c3ccccc3)c1)c1ccc(Cl)cc12. The fourth-order valence-electron chi connectivity index (χ4n) is 6.33. The molecule has 0 aliphatic carbocycles. The number of nitrogens with one attached hydrogen (secondary N) is 1. The first kappa shape index (κ1) is 27.5. The zero-order chi connectivity index (χ0) is 27.9. The third-order valence-electron chi connectivity index (χ3n) is 7.92. The minimum atomic E-state index is -2.77. The summed E-state index contributed by atoms with van der Waals surface area (Å²) in [6.07, 6.45) is -0.121. The van der Waals surface area contributed by atoms with Crippen LogP contribution in [0.5, 0.6) is 0 Å². The number of aliphatic hydroxyl groups excluding tert-OH is 1. The number of anilines is 2. The van der Waals surface area contributed by atoms with Gasteiger partial charge in [0.25, 0.3) is 11.8 Å². The van der Waals surface area contributed by atoms with Crippen LogP contribution in [0.3, 0.4) is 0 Å². The summed E-state index contributed by atoms with van der Waals surface area (Å²) in [4.78, 5) is 39.9. The van der Waals surface area contributed by atoms with Crippen molar-refractivity contribution in [3.05, 3.63) is 94.5 Å². The minimum absolute atomic E-state index is 0.101. The average molecular weight is 565 g/mol. The molecular weight excluding hydrogens is 532 g/mol. The third kappa shape index (κ3) is 4.92. The summed E-state index contributed by atoms with van der Waals surface area (Å²) >= 11 is 6.43. The molecule has 9 heteroatoms. The molecule has 4 atom stereocenters. The van der Waals surface area contributed by atoms with E-state index < -0.39 is 20.0 Å². The normalized spacial score (nSPS) is 24.3. The van der Waals surface area contributed by atoms with Crippen molar-refractivity contribution >= 4 is 43.1 Å². The Hall–Kier alpha value is -3.01. The molecule has 3 N–H and O–H groups in total. The first-order chi connectivity index (χ1) is 18.6. The smallest absolute Gasteiger partial charge is 0.264 e. The molecule has 3 aromatic carbocycles. The van der Waals surface area contributed by atoms with Crippen molar-refractivity contribution in [3.8, 4) is 0 Å². The third-order valence-corrected chi connectivity index (χ3v) is 10.7. The molecule has 0 aromatic heterocycles. The van der Waals surface area contributed by atoms with Crippen LogP contribution in [0, 0.1) is 5.92 Å². The Labute approximate surface area is 234 Å². The van der Waals surface area contributed by atoms with Crippen LogP contribution in [0.1, 0.15) is 34.8 Å². The van der Waals surface area contributed by atoms with Gasteiger partial charge in [-0.05, 0) is 67.5 Å². The number of carbonyl (C=O) groups is 2. The van der Waals surface area contributed by atoms with Crippen molar-refractivity contribution in [3.63, 3.8) is 0 Å². The lowest BCUT2D eigenvalue weighted by atomic mass is 9.82. The first-order valence-electron chi connectivity index (χ1n) is 13.1. The fourth-order valence-corrected chi connectivity index (χ4v) is 9.10. The van der Waals surface area contributed by atoms with Crippen LogP contribution in [0.2, 0.25) is 23.7 Å². The summed E-state index contributed by atoms with van der Waals surface area (Å²) in [5.74, 6) is -0.754. The molecule has 0 radical (unpaired) electrons. The predicted octanol–water partition coefficient (Wildman–Crippen LogP) is 5.32. The Morgan fingerprint density at radius 2 is 1.85 bits per heavy atom. The predicted molar refractivity (Wildman–Crippen MR) is 154 cm³/mol. The molecule has 1 spiro atoms. The molecule has 2 aliphatic heterocycles. The van der Waals surface area contributed by atoms with Gasteiger partial charge in [0, 0.05) is 39.9 Å². The maximum atomic E-state index is 14.3. The maximum absolute atomic E-state index is 14.3. The quantitative estimate of drug-likeness (QED) is 0.337. The minimum Gasteiger partial charge on any atom is -0.432 e. The van der Waals surface area contributed by atoms with Crippen molar-refractivity contribution in [1.82, 2.24) is 0 Å². The molecule has 204 valence electrons. The summed E-state index contributed by atoms with van der Waals surface area (Å²) in [7, 11) is -2.77. The first-order valence-corrected chi connectivity index (χ1v) is 16.5. The van der Waals surface area contributed by atoms with Gasteiger partial charge in [-0.25, -0.2) is 0 Å². The molecule has 2 aliphatic rings. The Morgan fingerprint density at radius 1 is 1.10 bits per heavy atom. The number of hydrogen-bond donors (Lipinski definition) is 3. The summed E-state index contributed by atoms with van der Waals surface area (Å²) in [6, 6.07) is 21.8. The zero-order valence-electron chi connectivity index (χ0n) is 22.2. The second-order valence-electron chi connectivity index (χ2n) is 10.9. The highest BCUT2D eigenvalue weighted by molar-refractivity contribution is 6.71. The molecule has 3 aromatic rings. The molecule has 5 rings (SSSR count). The van der Waals surface area contributed by atoms with Gasteiger partial charge >= 0.3 is 0 Å².